The molecular weight excluding hydrogens is 184 g/mol. The highest BCUT2D eigenvalue weighted by atomic mass is 14.9. The first-order chi connectivity index (χ1) is 7.01. The number of hydrogen-bond acceptors (Lipinski definition) is 2. The van der Waals surface area contributed by atoms with Gasteiger partial charge in [0.1, 0.15) is 0 Å². The molecule has 1 saturated carbocycles. The molecule has 1 atom stereocenters. The van der Waals surface area contributed by atoms with Crippen molar-refractivity contribution in [1.29, 1.82) is 0 Å². The van der Waals surface area contributed by atoms with Gasteiger partial charge in [-0.2, -0.15) is 0 Å². The Morgan fingerprint density at radius 1 is 1.27 bits per heavy atom. The maximum Gasteiger partial charge on any atom is 0.00671 e. The fraction of sp³-hybridized carbons (Fsp3) is 1.00. The Hall–Kier alpha value is -0.0800. The van der Waals surface area contributed by atoms with Crippen molar-refractivity contribution in [2.45, 2.75) is 58.9 Å². The molecule has 0 heterocycles. The minimum absolute atomic E-state index is 0.404. The van der Waals surface area contributed by atoms with E-state index in [1.54, 1.807) is 0 Å². The predicted octanol–water partition coefficient (Wildman–Crippen LogP) is 2.53. The molecule has 1 unspecified atom stereocenters. The van der Waals surface area contributed by atoms with Gasteiger partial charge in [0.15, 0.2) is 0 Å². The Morgan fingerprint density at radius 2 is 1.87 bits per heavy atom. The molecule has 90 valence electrons. The lowest BCUT2D eigenvalue weighted by Crippen LogP contribution is -2.35. The van der Waals surface area contributed by atoms with Crippen LogP contribution in [0.1, 0.15) is 52.9 Å². The van der Waals surface area contributed by atoms with Gasteiger partial charge in [0.25, 0.3) is 0 Å². The maximum absolute atomic E-state index is 5.82. The van der Waals surface area contributed by atoms with Crippen molar-refractivity contribution in [3.05, 3.63) is 0 Å². The number of hydrogen-bond donors (Lipinski definition) is 2. The van der Waals surface area contributed by atoms with Crippen LogP contribution in [0.3, 0.4) is 0 Å². The van der Waals surface area contributed by atoms with E-state index in [-0.39, 0.29) is 0 Å². The standard InChI is InChI=1S/C13H28N2/c1-13(2,3)8-11(9-14)10-15-12-6-4-5-7-12/h11-12,15H,4-10,14H2,1-3H3. The molecule has 1 aliphatic carbocycles. The van der Waals surface area contributed by atoms with E-state index < -0.39 is 0 Å². The van der Waals surface area contributed by atoms with Crippen molar-refractivity contribution in [3.8, 4) is 0 Å². The van der Waals surface area contributed by atoms with E-state index in [0.29, 0.717) is 11.3 Å². The van der Waals surface area contributed by atoms with Crippen molar-refractivity contribution in [2.75, 3.05) is 13.1 Å². The quantitative estimate of drug-likeness (QED) is 0.735. The van der Waals surface area contributed by atoms with Gasteiger partial charge in [-0.05, 0) is 43.7 Å². The van der Waals surface area contributed by atoms with Crippen LogP contribution in [0.25, 0.3) is 0 Å². The zero-order valence-corrected chi connectivity index (χ0v) is 10.7. The summed E-state index contributed by atoms with van der Waals surface area (Å²) in [6.07, 6.45) is 6.78. The highest BCUT2D eigenvalue weighted by Crippen LogP contribution is 2.24. The third kappa shape index (κ3) is 5.53. The zero-order valence-electron chi connectivity index (χ0n) is 10.7. The Labute approximate surface area is 95.0 Å². The van der Waals surface area contributed by atoms with Crippen LogP contribution in [0.4, 0.5) is 0 Å². The van der Waals surface area contributed by atoms with E-state index in [4.69, 9.17) is 5.73 Å². The normalized spacial score (nSPS) is 20.8. The Morgan fingerprint density at radius 3 is 2.33 bits per heavy atom. The van der Waals surface area contributed by atoms with Gasteiger partial charge in [0, 0.05) is 6.04 Å². The molecule has 0 spiro atoms. The smallest absolute Gasteiger partial charge is 0.00671 e. The lowest BCUT2D eigenvalue weighted by Gasteiger charge is -2.26. The Kier molecular flexibility index (Phi) is 5.07. The molecule has 2 nitrogen and oxygen atoms in total. The highest BCUT2D eigenvalue weighted by Gasteiger charge is 2.20. The van der Waals surface area contributed by atoms with Gasteiger partial charge < -0.3 is 11.1 Å². The summed E-state index contributed by atoms with van der Waals surface area (Å²) in [4.78, 5) is 0. The second-order valence-corrected chi connectivity index (χ2v) is 6.26. The molecule has 0 aliphatic heterocycles. The van der Waals surface area contributed by atoms with Crippen LogP contribution < -0.4 is 11.1 Å². The number of rotatable bonds is 5. The molecule has 1 aliphatic rings. The second kappa shape index (κ2) is 5.86. The van der Waals surface area contributed by atoms with Crippen LogP contribution in [-0.2, 0) is 0 Å². The van der Waals surface area contributed by atoms with E-state index in [2.05, 4.69) is 26.1 Å². The molecule has 1 fully saturated rings. The molecule has 0 aromatic carbocycles. The van der Waals surface area contributed by atoms with Gasteiger partial charge >= 0.3 is 0 Å². The zero-order chi connectivity index (χ0) is 11.3. The fourth-order valence-corrected chi connectivity index (χ4v) is 2.57. The summed E-state index contributed by atoms with van der Waals surface area (Å²) >= 11 is 0. The minimum atomic E-state index is 0.404. The van der Waals surface area contributed by atoms with Crippen LogP contribution in [0.2, 0.25) is 0 Å². The molecule has 0 radical (unpaired) electrons. The molecule has 0 saturated heterocycles. The molecule has 0 aromatic rings. The minimum Gasteiger partial charge on any atom is -0.330 e. The predicted molar refractivity (Wildman–Crippen MR) is 66.9 cm³/mol. The van der Waals surface area contributed by atoms with Crippen molar-refractivity contribution in [1.82, 2.24) is 5.32 Å². The van der Waals surface area contributed by atoms with Gasteiger partial charge in [-0.15, -0.1) is 0 Å². The average Bonchev–Trinajstić information content (AvgIpc) is 2.62. The van der Waals surface area contributed by atoms with Gasteiger partial charge in [-0.25, -0.2) is 0 Å². The van der Waals surface area contributed by atoms with Crippen molar-refractivity contribution < 1.29 is 0 Å². The van der Waals surface area contributed by atoms with Crippen LogP contribution in [0.15, 0.2) is 0 Å². The van der Waals surface area contributed by atoms with Crippen LogP contribution in [0, 0.1) is 11.3 Å². The van der Waals surface area contributed by atoms with Gasteiger partial charge in [-0.3, -0.25) is 0 Å². The number of nitrogens with two attached hydrogens (primary N) is 1. The third-order valence-electron chi connectivity index (χ3n) is 3.28. The molecule has 0 bridgehead atoms. The van der Waals surface area contributed by atoms with Crippen molar-refractivity contribution in [3.63, 3.8) is 0 Å². The molecule has 0 aromatic heterocycles. The van der Waals surface area contributed by atoms with Crippen LogP contribution in [0.5, 0.6) is 0 Å². The monoisotopic (exact) mass is 212 g/mol. The Balaban J connectivity index is 2.21. The van der Waals surface area contributed by atoms with E-state index in [9.17, 15) is 0 Å². The van der Waals surface area contributed by atoms with Crippen molar-refractivity contribution in [2.24, 2.45) is 17.1 Å². The van der Waals surface area contributed by atoms with E-state index in [1.165, 1.54) is 32.1 Å². The summed E-state index contributed by atoms with van der Waals surface area (Å²) in [6.45, 7) is 8.82. The van der Waals surface area contributed by atoms with E-state index in [0.717, 1.165) is 19.1 Å². The summed E-state index contributed by atoms with van der Waals surface area (Å²) < 4.78 is 0. The van der Waals surface area contributed by atoms with Crippen LogP contribution >= 0.6 is 0 Å². The van der Waals surface area contributed by atoms with Gasteiger partial charge in [-0.1, -0.05) is 33.6 Å². The maximum atomic E-state index is 5.82. The molecule has 15 heavy (non-hydrogen) atoms. The summed E-state index contributed by atoms with van der Waals surface area (Å²) in [5, 5.41) is 3.68. The summed E-state index contributed by atoms with van der Waals surface area (Å²) in [5.74, 6) is 0.644. The lowest BCUT2D eigenvalue weighted by molar-refractivity contribution is 0.283. The summed E-state index contributed by atoms with van der Waals surface area (Å²) in [6, 6.07) is 0.777. The topological polar surface area (TPSA) is 38.0 Å². The summed E-state index contributed by atoms with van der Waals surface area (Å²) in [7, 11) is 0. The van der Waals surface area contributed by atoms with Gasteiger partial charge in [0.2, 0.25) is 0 Å². The van der Waals surface area contributed by atoms with Crippen molar-refractivity contribution >= 4 is 0 Å². The first-order valence-corrected chi connectivity index (χ1v) is 6.45. The lowest BCUT2D eigenvalue weighted by atomic mass is 9.84. The highest BCUT2D eigenvalue weighted by molar-refractivity contribution is 4.77. The Bertz CT molecular complexity index is 166. The number of nitrogens with one attached hydrogen (secondary N) is 1. The molecular formula is C13H28N2. The van der Waals surface area contributed by atoms with E-state index in [1.807, 2.05) is 0 Å². The first-order valence-electron chi connectivity index (χ1n) is 6.45. The fourth-order valence-electron chi connectivity index (χ4n) is 2.57. The molecule has 3 N–H and O–H groups in total. The SMILES string of the molecule is CC(C)(C)CC(CN)CNC1CCCC1. The van der Waals surface area contributed by atoms with Gasteiger partial charge in [0.05, 0.1) is 0 Å². The second-order valence-electron chi connectivity index (χ2n) is 6.26. The van der Waals surface area contributed by atoms with E-state index >= 15 is 0 Å². The first kappa shape index (κ1) is 13.0. The van der Waals surface area contributed by atoms with Crippen LogP contribution in [-0.4, -0.2) is 19.1 Å². The summed E-state index contributed by atoms with van der Waals surface area (Å²) in [5.41, 5.74) is 6.23. The molecule has 2 heteroatoms. The third-order valence-corrected chi connectivity index (χ3v) is 3.28. The average molecular weight is 212 g/mol. The largest absolute Gasteiger partial charge is 0.330 e. The molecule has 1 rings (SSSR count). The molecule has 0 amide bonds.